The van der Waals surface area contributed by atoms with Crippen LogP contribution in [-0.4, -0.2) is 34.8 Å². The number of hydrogen-bond donors (Lipinski definition) is 1. The van der Waals surface area contributed by atoms with Crippen LogP contribution in [-0.2, 0) is 12.0 Å². The van der Waals surface area contributed by atoms with Crippen molar-refractivity contribution in [1.29, 1.82) is 0 Å². The van der Waals surface area contributed by atoms with Crippen LogP contribution in [0.2, 0.25) is 0 Å². The highest BCUT2D eigenvalue weighted by molar-refractivity contribution is 5.79. The van der Waals surface area contributed by atoms with Gasteiger partial charge in [-0.15, -0.1) is 0 Å². The number of aliphatic hydroxyl groups is 1. The fourth-order valence-electron chi connectivity index (χ4n) is 3.77. The second-order valence-electron chi connectivity index (χ2n) is 6.97. The third kappa shape index (κ3) is 3.46. The van der Waals surface area contributed by atoms with E-state index < -0.39 is 5.60 Å². The van der Waals surface area contributed by atoms with Crippen LogP contribution in [0.5, 0.6) is 0 Å². The van der Waals surface area contributed by atoms with Gasteiger partial charge in [0, 0.05) is 18.5 Å². The van der Waals surface area contributed by atoms with Crippen LogP contribution < -0.4 is 0 Å². The molecule has 1 aliphatic rings. The molecule has 4 rings (SSSR count). The van der Waals surface area contributed by atoms with E-state index in [0.29, 0.717) is 0 Å². The zero-order valence-corrected chi connectivity index (χ0v) is 14.4. The van der Waals surface area contributed by atoms with Gasteiger partial charge in [0.1, 0.15) is 0 Å². The summed E-state index contributed by atoms with van der Waals surface area (Å²) in [5, 5.41) is 16.2. The summed E-state index contributed by atoms with van der Waals surface area (Å²) < 4.78 is 5.37. The van der Waals surface area contributed by atoms with E-state index in [-0.39, 0.29) is 0 Å². The molecule has 2 heterocycles. The Kier molecular flexibility index (Phi) is 4.55. The Morgan fingerprint density at radius 2 is 1.72 bits per heavy atom. The van der Waals surface area contributed by atoms with Crippen molar-refractivity contribution in [2.75, 3.05) is 19.6 Å². The van der Waals surface area contributed by atoms with Gasteiger partial charge in [-0.3, -0.25) is 0 Å². The first-order valence-corrected chi connectivity index (χ1v) is 9.08. The number of nitrogens with zero attached hydrogens (tertiary/aromatic N) is 2. The van der Waals surface area contributed by atoms with Crippen molar-refractivity contribution in [1.82, 2.24) is 10.1 Å². The Labute approximate surface area is 148 Å². The summed E-state index contributed by atoms with van der Waals surface area (Å²) in [6.45, 7) is 2.90. The highest BCUT2D eigenvalue weighted by Crippen LogP contribution is 2.32. The minimum absolute atomic E-state index is 0.667. The molecule has 0 unspecified atom stereocenters. The number of aromatic nitrogens is 1. The summed E-state index contributed by atoms with van der Waals surface area (Å²) >= 11 is 0. The van der Waals surface area contributed by atoms with Crippen molar-refractivity contribution in [2.24, 2.45) is 0 Å². The number of hydrogen-bond acceptors (Lipinski definition) is 4. The number of rotatable bonds is 5. The second-order valence-corrected chi connectivity index (χ2v) is 6.97. The van der Waals surface area contributed by atoms with Gasteiger partial charge in [0.15, 0.2) is 5.58 Å². The molecule has 0 amide bonds. The molecule has 0 aliphatic carbocycles. The minimum Gasteiger partial charge on any atom is -0.385 e. The van der Waals surface area contributed by atoms with E-state index >= 15 is 0 Å². The first kappa shape index (κ1) is 16.3. The number of para-hydroxylation sites is 1. The van der Waals surface area contributed by atoms with Gasteiger partial charge in [0.25, 0.3) is 0 Å². The summed E-state index contributed by atoms with van der Waals surface area (Å²) in [4.78, 5) is 2.44. The molecular formula is C21H24N2O2. The molecule has 25 heavy (non-hydrogen) atoms. The summed E-state index contributed by atoms with van der Waals surface area (Å²) in [6.07, 6.45) is 3.57. The van der Waals surface area contributed by atoms with Crippen LogP contribution in [0.4, 0.5) is 0 Å². The molecule has 1 saturated heterocycles. The largest absolute Gasteiger partial charge is 0.385 e. The van der Waals surface area contributed by atoms with Gasteiger partial charge in [-0.2, -0.15) is 0 Å². The fraction of sp³-hybridized carbons (Fsp3) is 0.381. The Bertz CT molecular complexity index is 820. The highest BCUT2D eigenvalue weighted by atomic mass is 16.5. The van der Waals surface area contributed by atoms with Crippen molar-refractivity contribution in [3.8, 4) is 0 Å². The number of fused-ring (bicyclic) bond motifs is 1. The zero-order chi connectivity index (χ0) is 17.1. The lowest BCUT2D eigenvalue weighted by atomic mass is 9.84. The van der Waals surface area contributed by atoms with E-state index in [1.54, 1.807) is 0 Å². The molecule has 1 N–H and O–H groups in total. The van der Waals surface area contributed by atoms with E-state index in [9.17, 15) is 5.11 Å². The number of benzene rings is 2. The molecule has 1 aliphatic heterocycles. The summed E-state index contributed by atoms with van der Waals surface area (Å²) in [6, 6.07) is 18.1. The van der Waals surface area contributed by atoms with Crippen molar-refractivity contribution in [3.05, 3.63) is 65.9 Å². The van der Waals surface area contributed by atoms with Gasteiger partial charge in [-0.1, -0.05) is 47.6 Å². The van der Waals surface area contributed by atoms with Crippen LogP contribution in [0.15, 0.2) is 59.1 Å². The van der Waals surface area contributed by atoms with E-state index in [4.69, 9.17) is 4.52 Å². The predicted octanol–water partition coefficient (Wildman–Crippen LogP) is 3.74. The first-order valence-electron chi connectivity index (χ1n) is 9.08. The topological polar surface area (TPSA) is 49.5 Å². The normalized spacial score (nSPS) is 17.8. The van der Waals surface area contributed by atoms with Crippen LogP contribution in [0.25, 0.3) is 11.0 Å². The van der Waals surface area contributed by atoms with Gasteiger partial charge in [0.05, 0.1) is 11.3 Å². The molecular weight excluding hydrogens is 312 g/mol. The molecule has 130 valence electrons. The molecule has 0 radical (unpaired) electrons. The highest BCUT2D eigenvalue weighted by Gasteiger charge is 2.33. The summed E-state index contributed by atoms with van der Waals surface area (Å²) in [5.74, 6) is 0. The molecule has 4 nitrogen and oxygen atoms in total. The van der Waals surface area contributed by atoms with Crippen molar-refractivity contribution < 1.29 is 9.63 Å². The maximum atomic E-state index is 10.9. The number of piperidine rings is 1. The molecule has 2 aromatic carbocycles. The SMILES string of the molecule is OC1(c2ccccc2)CCN(CCCc2noc3ccccc23)CC1. The minimum atomic E-state index is -0.667. The van der Waals surface area contributed by atoms with Crippen molar-refractivity contribution in [2.45, 2.75) is 31.3 Å². The Balaban J connectivity index is 1.29. The molecule has 0 saturated carbocycles. The molecule has 4 heteroatoms. The van der Waals surface area contributed by atoms with Crippen LogP contribution in [0, 0.1) is 0 Å². The molecule has 3 aromatic rings. The summed E-state index contributed by atoms with van der Waals surface area (Å²) in [5.41, 5.74) is 2.29. The maximum absolute atomic E-state index is 10.9. The van der Waals surface area contributed by atoms with Crippen molar-refractivity contribution in [3.63, 3.8) is 0 Å². The molecule has 0 bridgehead atoms. The van der Waals surface area contributed by atoms with Gasteiger partial charge < -0.3 is 14.5 Å². The first-order chi connectivity index (χ1) is 12.2. The van der Waals surface area contributed by atoms with E-state index in [1.165, 1.54) is 0 Å². The number of aryl methyl sites for hydroxylation is 1. The van der Waals surface area contributed by atoms with Gasteiger partial charge >= 0.3 is 0 Å². The zero-order valence-electron chi connectivity index (χ0n) is 14.4. The molecule has 0 spiro atoms. The molecule has 1 fully saturated rings. The third-order valence-corrected chi connectivity index (χ3v) is 5.33. The third-order valence-electron chi connectivity index (χ3n) is 5.33. The van der Waals surface area contributed by atoms with Crippen LogP contribution >= 0.6 is 0 Å². The standard InChI is InChI=1S/C21H24N2O2/c24-21(17-7-2-1-3-8-17)12-15-23(16-13-21)14-6-10-19-18-9-4-5-11-20(18)25-22-19/h1-5,7-9,11,24H,6,10,12-16H2. The maximum Gasteiger partial charge on any atom is 0.167 e. The van der Waals surface area contributed by atoms with Gasteiger partial charge in [0.2, 0.25) is 0 Å². The van der Waals surface area contributed by atoms with Gasteiger partial charge in [-0.25, -0.2) is 0 Å². The van der Waals surface area contributed by atoms with Gasteiger partial charge in [-0.05, 0) is 49.9 Å². The van der Waals surface area contributed by atoms with Crippen LogP contribution in [0.3, 0.4) is 0 Å². The lowest BCUT2D eigenvalue weighted by Gasteiger charge is -2.38. The number of likely N-dealkylation sites (tertiary alicyclic amines) is 1. The van der Waals surface area contributed by atoms with Crippen LogP contribution in [0.1, 0.15) is 30.5 Å². The smallest absolute Gasteiger partial charge is 0.167 e. The Hall–Kier alpha value is -2.17. The monoisotopic (exact) mass is 336 g/mol. The summed E-state index contributed by atoms with van der Waals surface area (Å²) in [7, 11) is 0. The quantitative estimate of drug-likeness (QED) is 0.771. The Morgan fingerprint density at radius 1 is 1.00 bits per heavy atom. The predicted molar refractivity (Wildman–Crippen MR) is 98.3 cm³/mol. The molecule has 0 atom stereocenters. The second kappa shape index (κ2) is 6.98. The fourth-order valence-corrected chi connectivity index (χ4v) is 3.77. The van der Waals surface area contributed by atoms with E-state index in [0.717, 1.165) is 67.5 Å². The molecule has 1 aromatic heterocycles. The van der Waals surface area contributed by atoms with E-state index in [2.05, 4.69) is 16.1 Å². The Morgan fingerprint density at radius 3 is 2.52 bits per heavy atom. The average molecular weight is 336 g/mol. The van der Waals surface area contributed by atoms with E-state index in [1.807, 2.05) is 48.5 Å². The lowest BCUT2D eigenvalue weighted by molar-refractivity contribution is -0.0259. The average Bonchev–Trinajstić information content (AvgIpc) is 3.08. The van der Waals surface area contributed by atoms with Crippen molar-refractivity contribution >= 4 is 11.0 Å². The lowest BCUT2D eigenvalue weighted by Crippen LogP contribution is -2.42.